The van der Waals surface area contributed by atoms with Gasteiger partial charge in [0.15, 0.2) is 0 Å². The second-order valence-electron chi connectivity index (χ2n) is 9.67. The monoisotopic (exact) mass is 485 g/mol. The smallest absolute Gasteiger partial charge is 0.227 e. The number of nitrogens with zero attached hydrogens (tertiary/aromatic N) is 5. The van der Waals surface area contributed by atoms with Crippen molar-refractivity contribution in [2.24, 2.45) is 0 Å². The lowest BCUT2D eigenvalue weighted by atomic mass is 10.0. The molecule has 0 saturated heterocycles. The van der Waals surface area contributed by atoms with Crippen LogP contribution in [0, 0.1) is 0 Å². The normalized spacial score (nSPS) is 13.1. The van der Waals surface area contributed by atoms with Crippen molar-refractivity contribution in [3.63, 3.8) is 0 Å². The van der Waals surface area contributed by atoms with E-state index < -0.39 is 0 Å². The maximum absolute atomic E-state index is 6.46. The van der Waals surface area contributed by atoms with Gasteiger partial charge in [-0.05, 0) is 51.6 Å². The Hall–Kier alpha value is -3.78. The fourth-order valence-corrected chi connectivity index (χ4v) is 5.05. The van der Waals surface area contributed by atoms with E-state index in [1.807, 2.05) is 31.4 Å². The number of benzene rings is 2. The molecule has 1 aliphatic heterocycles. The first-order chi connectivity index (χ1) is 17.5. The molecule has 2 aromatic carbocycles. The van der Waals surface area contributed by atoms with Gasteiger partial charge in [-0.1, -0.05) is 18.2 Å². The van der Waals surface area contributed by atoms with Crippen LogP contribution in [0.2, 0.25) is 0 Å². The van der Waals surface area contributed by atoms with Gasteiger partial charge < -0.3 is 30.2 Å². The molecule has 0 saturated carbocycles. The molecule has 8 heteroatoms. The van der Waals surface area contributed by atoms with Crippen molar-refractivity contribution < 1.29 is 4.74 Å². The zero-order valence-corrected chi connectivity index (χ0v) is 21.6. The van der Waals surface area contributed by atoms with Crippen LogP contribution in [0.25, 0.3) is 22.2 Å². The Morgan fingerprint density at radius 2 is 1.92 bits per heavy atom. The molecule has 0 radical (unpaired) electrons. The van der Waals surface area contributed by atoms with Crippen molar-refractivity contribution in [2.45, 2.75) is 25.8 Å². The van der Waals surface area contributed by atoms with Crippen LogP contribution in [0.4, 0.5) is 23.0 Å². The summed E-state index contributed by atoms with van der Waals surface area (Å²) < 4.78 is 8.17. The van der Waals surface area contributed by atoms with E-state index in [9.17, 15) is 0 Å². The number of likely N-dealkylation sites (N-methyl/N-ethyl adjacent to an activating group) is 2. The highest BCUT2D eigenvalue weighted by Gasteiger charge is 2.22. The summed E-state index contributed by atoms with van der Waals surface area (Å²) in [6, 6.07) is 14.5. The van der Waals surface area contributed by atoms with Crippen LogP contribution in [-0.2, 0) is 13.0 Å². The van der Waals surface area contributed by atoms with Gasteiger partial charge in [0.1, 0.15) is 5.75 Å². The lowest BCUT2D eigenvalue weighted by molar-refractivity contribution is 0.413. The third-order valence-electron chi connectivity index (χ3n) is 6.92. The van der Waals surface area contributed by atoms with Crippen LogP contribution in [0.3, 0.4) is 0 Å². The van der Waals surface area contributed by atoms with E-state index in [0.29, 0.717) is 17.4 Å². The largest absolute Gasteiger partial charge is 0.494 e. The number of methoxy groups -OCH3 is 1. The van der Waals surface area contributed by atoms with Gasteiger partial charge in [0.2, 0.25) is 5.95 Å². The van der Waals surface area contributed by atoms with E-state index in [2.05, 4.69) is 63.0 Å². The van der Waals surface area contributed by atoms with Gasteiger partial charge >= 0.3 is 0 Å². The highest BCUT2D eigenvalue weighted by Crippen LogP contribution is 2.39. The zero-order valence-electron chi connectivity index (χ0n) is 21.6. The predicted octanol–water partition coefficient (Wildman–Crippen LogP) is 4.77. The first kappa shape index (κ1) is 23.9. The van der Waals surface area contributed by atoms with Crippen LogP contribution < -0.4 is 20.7 Å². The van der Waals surface area contributed by atoms with Gasteiger partial charge in [-0.2, -0.15) is 0 Å². The molecular weight excluding hydrogens is 450 g/mol. The molecule has 3 heterocycles. The van der Waals surface area contributed by atoms with Crippen LogP contribution in [0.15, 0.2) is 48.7 Å². The van der Waals surface area contributed by atoms with Gasteiger partial charge in [-0.25, -0.2) is 9.97 Å². The molecule has 1 aliphatic rings. The Kier molecular flexibility index (Phi) is 6.69. The highest BCUT2D eigenvalue weighted by molar-refractivity contribution is 5.97. The lowest BCUT2D eigenvalue weighted by Gasteiger charge is -2.24. The number of aryl methyl sites for hydroxylation is 1. The highest BCUT2D eigenvalue weighted by atomic mass is 16.5. The molecule has 36 heavy (non-hydrogen) atoms. The number of nitrogens with one attached hydrogen (secondary N) is 1. The fraction of sp³-hybridized carbons (Fsp3) is 0.357. The first-order valence-electron chi connectivity index (χ1n) is 12.5. The van der Waals surface area contributed by atoms with E-state index in [4.69, 9.17) is 15.5 Å². The molecule has 0 unspecified atom stereocenters. The molecule has 4 aromatic rings. The third kappa shape index (κ3) is 4.56. The average Bonchev–Trinajstić information content (AvgIpc) is 3.22. The Morgan fingerprint density at radius 1 is 1.08 bits per heavy atom. The molecule has 3 N–H and O–H groups in total. The van der Waals surface area contributed by atoms with E-state index >= 15 is 0 Å². The van der Waals surface area contributed by atoms with Crippen molar-refractivity contribution >= 4 is 33.9 Å². The number of anilines is 4. The number of hydrogen-bond acceptors (Lipinski definition) is 7. The minimum atomic E-state index is 0.513. The minimum Gasteiger partial charge on any atom is -0.494 e. The van der Waals surface area contributed by atoms with Crippen LogP contribution in [0.1, 0.15) is 18.5 Å². The maximum atomic E-state index is 6.46. The number of para-hydroxylation sites is 1. The second kappa shape index (κ2) is 10.1. The molecule has 0 spiro atoms. The van der Waals surface area contributed by atoms with Crippen molar-refractivity contribution in [2.75, 3.05) is 57.3 Å². The van der Waals surface area contributed by atoms with E-state index in [1.54, 1.807) is 7.11 Å². The molecule has 5 rings (SSSR count). The summed E-state index contributed by atoms with van der Waals surface area (Å²) in [7, 11) is 7.83. The lowest BCUT2D eigenvalue weighted by Crippen LogP contribution is -2.29. The summed E-state index contributed by atoms with van der Waals surface area (Å²) in [4.78, 5) is 13.7. The van der Waals surface area contributed by atoms with Crippen molar-refractivity contribution in [1.82, 2.24) is 19.4 Å². The second-order valence-corrected chi connectivity index (χ2v) is 9.67. The summed E-state index contributed by atoms with van der Waals surface area (Å²) in [6.45, 7) is 2.84. The van der Waals surface area contributed by atoms with Crippen molar-refractivity contribution in [3.8, 4) is 17.0 Å². The van der Waals surface area contributed by atoms with Crippen LogP contribution >= 0.6 is 0 Å². The van der Waals surface area contributed by atoms with Crippen LogP contribution in [0.5, 0.6) is 5.75 Å². The molecule has 0 amide bonds. The molecule has 8 nitrogen and oxygen atoms in total. The van der Waals surface area contributed by atoms with Gasteiger partial charge in [-0.15, -0.1) is 0 Å². The van der Waals surface area contributed by atoms with E-state index in [-0.39, 0.29) is 0 Å². The molecular formula is C28H35N7O. The Labute approximate surface area is 212 Å². The molecule has 2 aromatic heterocycles. The van der Waals surface area contributed by atoms with Crippen molar-refractivity contribution in [1.29, 1.82) is 0 Å². The summed E-state index contributed by atoms with van der Waals surface area (Å²) >= 11 is 0. The number of hydrogen-bond donors (Lipinski definition) is 2. The van der Waals surface area contributed by atoms with Crippen molar-refractivity contribution in [3.05, 3.63) is 54.4 Å². The average molecular weight is 486 g/mol. The summed E-state index contributed by atoms with van der Waals surface area (Å²) in [5.74, 6) is 1.20. The summed E-state index contributed by atoms with van der Waals surface area (Å²) in [5, 5.41) is 4.59. The van der Waals surface area contributed by atoms with E-state index in [0.717, 1.165) is 43.1 Å². The number of aromatic nitrogens is 3. The number of nitrogens with two attached hydrogens (primary N) is 1. The Bertz CT molecular complexity index is 1380. The number of nitrogen functional groups attached to an aromatic ring is 1. The van der Waals surface area contributed by atoms with E-state index in [1.165, 1.54) is 35.0 Å². The number of ether oxygens (including phenoxy) is 1. The minimum absolute atomic E-state index is 0.513. The molecule has 0 bridgehead atoms. The van der Waals surface area contributed by atoms with Gasteiger partial charge in [0.25, 0.3) is 0 Å². The number of rotatable bonds is 8. The third-order valence-corrected chi connectivity index (χ3v) is 6.92. The summed E-state index contributed by atoms with van der Waals surface area (Å²) in [6.07, 6.45) is 5.28. The molecule has 0 aliphatic carbocycles. The Balaban J connectivity index is 1.48. The standard InChI is InChI=1S/C28H35N7O/c1-33(2)15-16-34(3)25-18-26(36-4)22(17-20(25)29)32-28-30-13-12-21(31-28)27-19-9-5-6-10-23(19)35-14-8-7-11-24(27)35/h5-6,9-10,12-13,17-18H,7-8,11,14-16,29H2,1-4H3,(H,30,31,32). The zero-order chi connectivity index (χ0) is 25.2. The van der Waals surface area contributed by atoms with Crippen LogP contribution in [-0.4, -0.2) is 60.8 Å². The quantitative estimate of drug-likeness (QED) is 0.348. The molecule has 0 fully saturated rings. The summed E-state index contributed by atoms with van der Waals surface area (Å²) in [5.41, 5.74) is 13.6. The SMILES string of the molecule is COc1cc(N(C)CCN(C)C)c(N)cc1Nc1nccc(-c2c3n(c4ccccc24)CCCC3)n1. The van der Waals surface area contributed by atoms with Gasteiger partial charge in [-0.3, -0.25) is 0 Å². The maximum Gasteiger partial charge on any atom is 0.227 e. The molecule has 0 atom stereocenters. The first-order valence-corrected chi connectivity index (χ1v) is 12.5. The predicted molar refractivity (Wildman–Crippen MR) is 148 cm³/mol. The molecule has 188 valence electrons. The number of fused-ring (bicyclic) bond motifs is 3. The fourth-order valence-electron chi connectivity index (χ4n) is 5.05. The van der Waals surface area contributed by atoms with Gasteiger partial charge in [0.05, 0.1) is 29.9 Å². The Morgan fingerprint density at radius 3 is 2.72 bits per heavy atom. The van der Waals surface area contributed by atoms with Gasteiger partial charge in [0, 0.05) is 61.1 Å². The topological polar surface area (TPSA) is 84.5 Å².